The fourth-order valence-electron chi connectivity index (χ4n) is 3.08. The first kappa shape index (κ1) is 19.6. The Morgan fingerprint density at radius 1 is 0.864 bits per heavy atom. The third-order valence-electron chi connectivity index (χ3n) is 4.63. The first-order valence-electron chi connectivity index (χ1n) is 9.10. The van der Waals surface area contributed by atoms with Gasteiger partial charge < -0.3 is 20.6 Å². The molecule has 1 aliphatic rings. The van der Waals surface area contributed by atoms with Gasteiger partial charge >= 0.3 is 0 Å². The molecule has 1 aliphatic carbocycles. The number of aliphatic hydroxyl groups is 3. The molecule has 0 saturated carbocycles. The average molecular weight is 313 g/mol. The first-order chi connectivity index (χ1) is 10.6. The van der Waals surface area contributed by atoms with Gasteiger partial charge in [-0.15, -0.1) is 0 Å². The van der Waals surface area contributed by atoms with E-state index < -0.39 is 18.3 Å². The van der Waals surface area contributed by atoms with Crippen LogP contribution < -0.4 is 5.32 Å². The predicted molar refractivity (Wildman–Crippen MR) is 90.8 cm³/mol. The second kappa shape index (κ2) is 11.2. The fourth-order valence-corrected chi connectivity index (χ4v) is 3.08. The first-order valence-corrected chi connectivity index (χ1v) is 9.10. The van der Waals surface area contributed by atoms with E-state index in [1.165, 1.54) is 44.9 Å². The van der Waals surface area contributed by atoms with Gasteiger partial charge in [0.1, 0.15) is 18.3 Å². The van der Waals surface area contributed by atoms with E-state index in [9.17, 15) is 15.3 Å². The standard InChI is InChI=1S/C18H35NO3/c1-3-5-6-7-8-9-10-11-12-19-15-13-14(4-2)16(20)18(22)17(15)21/h13,15-22H,3-12H2,1-2H3/t15-,16?,17?,18+/m1/s1. The maximum absolute atomic E-state index is 10.0. The van der Waals surface area contributed by atoms with Crippen LogP contribution >= 0.6 is 0 Å². The van der Waals surface area contributed by atoms with E-state index in [-0.39, 0.29) is 6.04 Å². The summed E-state index contributed by atoms with van der Waals surface area (Å²) in [6, 6.07) is -0.252. The molecule has 0 aromatic heterocycles. The van der Waals surface area contributed by atoms with Gasteiger partial charge in [0.05, 0.1) is 6.04 Å². The Morgan fingerprint density at radius 2 is 1.45 bits per heavy atom. The second-order valence-electron chi connectivity index (χ2n) is 6.48. The van der Waals surface area contributed by atoms with Crippen LogP contribution in [0.4, 0.5) is 0 Å². The molecule has 0 spiro atoms. The van der Waals surface area contributed by atoms with Crippen molar-refractivity contribution in [3.05, 3.63) is 11.6 Å². The third-order valence-corrected chi connectivity index (χ3v) is 4.63. The summed E-state index contributed by atoms with van der Waals surface area (Å²) in [4.78, 5) is 0. The fraction of sp³-hybridized carbons (Fsp3) is 0.889. The molecule has 0 aliphatic heterocycles. The van der Waals surface area contributed by atoms with Crippen molar-refractivity contribution in [2.45, 2.75) is 96.0 Å². The Balaban J connectivity index is 2.17. The van der Waals surface area contributed by atoms with Crippen LogP contribution in [-0.2, 0) is 0 Å². The van der Waals surface area contributed by atoms with Gasteiger partial charge in [-0.25, -0.2) is 0 Å². The molecule has 0 amide bonds. The molecule has 0 aromatic rings. The largest absolute Gasteiger partial charge is 0.388 e. The summed E-state index contributed by atoms with van der Waals surface area (Å²) in [7, 11) is 0. The normalized spacial score (nSPS) is 28.7. The van der Waals surface area contributed by atoms with E-state index in [1.54, 1.807) is 0 Å². The Labute approximate surface area is 135 Å². The van der Waals surface area contributed by atoms with E-state index in [0.29, 0.717) is 6.42 Å². The van der Waals surface area contributed by atoms with Crippen LogP contribution in [0.2, 0.25) is 0 Å². The molecule has 0 aromatic carbocycles. The lowest BCUT2D eigenvalue weighted by molar-refractivity contribution is -0.0621. The minimum atomic E-state index is -1.09. The van der Waals surface area contributed by atoms with E-state index in [1.807, 2.05) is 13.0 Å². The lowest BCUT2D eigenvalue weighted by Gasteiger charge is -2.35. The van der Waals surface area contributed by atoms with Gasteiger partial charge in [-0.05, 0) is 25.0 Å². The number of aliphatic hydroxyl groups excluding tert-OH is 3. The number of hydrogen-bond donors (Lipinski definition) is 4. The van der Waals surface area contributed by atoms with Crippen molar-refractivity contribution in [2.24, 2.45) is 0 Å². The zero-order valence-electron chi connectivity index (χ0n) is 14.3. The van der Waals surface area contributed by atoms with Crippen LogP contribution in [0.5, 0.6) is 0 Å². The van der Waals surface area contributed by atoms with Gasteiger partial charge in [-0.3, -0.25) is 0 Å². The molecule has 22 heavy (non-hydrogen) atoms. The Bertz CT molecular complexity index is 319. The van der Waals surface area contributed by atoms with Gasteiger partial charge in [0, 0.05) is 0 Å². The summed E-state index contributed by atoms with van der Waals surface area (Å²) in [6.45, 7) is 5.03. The van der Waals surface area contributed by atoms with E-state index >= 15 is 0 Å². The zero-order valence-corrected chi connectivity index (χ0v) is 14.3. The maximum Gasteiger partial charge on any atom is 0.111 e. The molecule has 0 saturated heterocycles. The number of unbranched alkanes of at least 4 members (excludes halogenated alkanes) is 7. The third kappa shape index (κ3) is 6.37. The lowest BCUT2D eigenvalue weighted by Crippen LogP contribution is -2.53. The molecular formula is C18H35NO3. The highest BCUT2D eigenvalue weighted by atomic mass is 16.4. The van der Waals surface area contributed by atoms with Crippen LogP contribution in [0.1, 0.15) is 71.6 Å². The highest BCUT2D eigenvalue weighted by molar-refractivity contribution is 5.21. The molecule has 1 rings (SSSR count). The van der Waals surface area contributed by atoms with Gasteiger partial charge in [0.25, 0.3) is 0 Å². The number of hydrogen-bond acceptors (Lipinski definition) is 4. The van der Waals surface area contributed by atoms with Crippen molar-refractivity contribution in [3.63, 3.8) is 0 Å². The molecule has 0 heterocycles. The van der Waals surface area contributed by atoms with Crippen LogP contribution in [0, 0.1) is 0 Å². The molecule has 0 bridgehead atoms. The Kier molecular flexibility index (Phi) is 9.96. The van der Waals surface area contributed by atoms with Gasteiger partial charge in [0.15, 0.2) is 0 Å². The smallest absolute Gasteiger partial charge is 0.111 e. The number of rotatable bonds is 11. The van der Waals surface area contributed by atoms with Crippen molar-refractivity contribution in [2.75, 3.05) is 6.54 Å². The quantitative estimate of drug-likeness (QED) is 0.349. The lowest BCUT2D eigenvalue weighted by atomic mass is 9.87. The highest BCUT2D eigenvalue weighted by Crippen LogP contribution is 2.22. The molecule has 2 unspecified atom stereocenters. The SMILES string of the molecule is CCCCCCCCCCN[C@@H]1C=C(CC)C(O)[C@H](O)C1O. The van der Waals surface area contributed by atoms with Crippen LogP contribution in [0.15, 0.2) is 11.6 Å². The van der Waals surface area contributed by atoms with Crippen LogP contribution in [0.3, 0.4) is 0 Å². The molecule has 4 atom stereocenters. The second-order valence-corrected chi connectivity index (χ2v) is 6.48. The van der Waals surface area contributed by atoms with Gasteiger partial charge in [-0.2, -0.15) is 0 Å². The van der Waals surface area contributed by atoms with Crippen molar-refractivity contribution >= 4 is 0 Å². The van der Waals surface area contributed by atoms with Gasteiger partial charge in [-0.1, -0.05) is 64.9 Å². The Hall–Kier alpha value is -0.420. The maximum atomic E-state index is 10.0. The van der Waals surface area contributed by atoms with Crippen molar-refractivity contribution in [3.8, 4) is 0 Å². The number of nitrogens with one attached hydrogen (secondary N) is 1. The predicted octanol–water partition coefficient (Wildman–Crippen LogP) is 2.52. The molecule has 0 radical (unpaired) electrons. The van der Waals surface area contributed by atoms with E-state index in [4.69, 9.17) is 0 Å². The summed E-state index contributed by atoms with van der Waals surface area (Å²) in [6.07, 6.45) is 9.85. The minimum Gasteiger partial charge on any atom is -0.388 e. The molecule has 130 valence electrons. The van der Waals surface area contributed by atoms with E-state index in [2.05, 4.69) is 12.2 Å². The topological polar surface area (TPSA) is 72.7 Å². The molecule has 4 N–H and O–H groups in total. The molecular weight excluding hydrogens is 278 g/mol. The molecule has 4 nitrogen and oxygen atoms in total. The summed E-state index contributed by atoms with van der Waals surface area (Å²) >= 11 is 0. The highest BCUT2D eigenvalue weighted by Gasteiger charge is 2.36. The van der Waals surface area contributed by atoms with Crippen molar-refractivity contribution < 1.29 is 15.3 Å². The van der Waals surface area contributed by atoms with Crippen LogP contribution in [0.25, 0.3) is 0 Å². The minimum absolute atomic E-state index is 0.252. The molecule has 0 fully saturated rings. The summed E-state index contributed by atoms with van der Waals surface area (Å²) in [5, 5.41) is 33.1. The summed E-state index contributed by atoms with van der Waals surface area (Å²) in [5.41, 5.74) is 0.811. The monoisotopic (exact) mass is 313 g/mol. The van der Waals surface area contributed by atoms with E-state index in [0.717, 1.165) is 18.5 Å². The van der Waals surface area contributed by atoms with Crippen LogP contribution in [-0.4, -0.2) is 46.2 Å². The van der Waals surface area contributed by atoms with Gasteiger partial charge in [0.2, 0.25) is 0 Å². The van der Waals surface area contributed by atoms with Crippen molar-refractivity contribution in [1.29, 1.82) is 0 Å². The zero-order chi connectivity index (χ0) is 16.4. The summed E-state index contributed by atoms with van der Waals surface area (Å²) in [5.74, 6) is 0. The van der Waals surface area contributed by atoms with Crippen molar-refractivity contribution in [1.82, 2.24) is 5.32 Å². The molecule has 4 heteroatoms. The Morgan fingerprint density at radius 3 is 2.05 bits per heavy atom. The summed E-state index contributed by atoms with van der Waals surface area (Å²) < 4.78 is 0. The average Bonchev–Trinajstić information content (AvgIpc) is 2.53.